The maximum Gasteiger partial charge on any atom is 0.271 e. The van der Waals surface area contributed by atoms with Crippen LogP contribution in [0.5, 0.6) is 5.75 Å². The van der Waals surface area contributed by atoms with Crippen LogP contribution in [0.25, 0.3) is 0 Å². The number of benzene rings is 1. The molecule has 0 saturated carbocycles. The summed E-state index contributed by atoms with van der Waals surface area (Å²) in [5.41, 5.74) is 1.37. The van der Waals surface area contributed by atoms with Gasteiger partial charge in [-0.2, -0.15) is 5.10 Å². The minimum absolute atomic E-state index is 0.105. The van der Waals surface area contributed by atoms with Crippen LogP contribution in [-0.4, -0.2) is 28.8 Å². The molecular formula is C20H27N3O3. The molecule has 0 saturated heterocycles. The molecule has 6 nitrogen and oxygen atoms in total. The number of aryl methyl sites for hydroxylation is 1. The number of rotatable bonds is 7. The molecular weight excluding hydrogens is 330 g/mol. The first-order valence-electron chi connectivity index (χ1n) is 8.91. The number of carbonyl (C=O) groups excluding carboxylic acids is 1. The van der Waals surface area contributed by atoms with Crippen LogP contribution in [0.2, 0.25) is 0 Å². The van der Waals surface area contributed by atoms with E-state index in [1.807, 2.05) is 19.1 Å². The Kier molecular flexibility index (Phi) is 6.55. The second-order valence-corrected chi connectivity index (χ2v) is 7.16. The minimum Gasteiger partial charge on any atom is -0.492 e. The number of aromatic nitrogens is 2. The molecule has 1 amide bonds. The summed E-state index contributed by atoms with van der Waals surface area (Å²) in [4.78, 5) is 23.8. The molecule has 1 aromatic carbocycles. The lowest BCUT2D eigenvalue weighted by Gasteiger charge is -2.19. The third-order valence-electron chi connectivity index (χ3n) is 3.91. The Hall–Kier alpha value is -2.63. The number of hydrogen-bond acceptors (Lipinski definition) is 4. The van der Waals surface area contributed by atoms with E-state index < -0.39 is 0 Å². The summed E-state index contributed by atoms with van der Waals surface area (Å²) in [5, 5.41) is 6.83. The number of hydrogen-bond donors (Lipinski definition) is 1. The highest BCUT2D eigenvalue weighted by atomic mass is 16.5. The summed E-state index contributed by atoms with van der Waals surface area (Å²) in [5.74, 6) is 0.448. The van der Waals surface area contributed by atoms with Crippen LogP contribution in [0.4, 0.5) is 0 Å². The van der Waals surface area contributed by atoms with Gasteiger partial charge < -0.3 is 10.1 Å². The molecule has 1 N–H and O–H groups in total. The number of nitrogens with zero attached hydrogens (tertiary/aromatic N) is 2. The first kappa shape index (κ1) is 19.7. The van der Waals surface area contributed by atoms with Crippen LogP contribution >= 0.6 is 0 Å². The summed E-state index contributed by atoms with van der Waals surface area (Å²) >= 11 is 0. The second-order valence-electron chi connectivity index (χ2n) is 7.16. The van der Waals surface area contributed by atoms with Gasteiger partial charge in [-0.25, -0.2) is 4.68 Å². The Morgan fingerprint density at radius 1 is 1.15 bits per heavy atom. The molecule has 0 aliphatic rings. The summed E-state index contributed by atoms with van der Waals surface area (Å²) in [7, 11) is 0. The van der Waals surface area contributed by atoms with Crippen molar-refractivity contribution in [2.75, 3.05) is 13.2 Å². The zero-order valence-electron chi connectivity index (χ0n) is 15.9. The molecule has 140 valence electrons. The van der Waals surface area contributed by atoms with E-state index in [0.29, 0.717) is 19.7 Å². The Morgan fingerprint density at radius 2 is 1.85 bits per heavy atom. The first-order chi connectivity index (χ1) is 12.3. The first-order valence-corrected chi connectivity index (χ1v) is 8.91. The topological polar surface area (TPSA) is 73.2 Å². The zero-order chi connectivity index (χ0) is 19.2. The van der Waals surface area contributed by atoms with Crippen molar-refractivity contribution < 1.29 is 9.53 Å². The average molecular weight is 357 g/mol. The lowest BCUT2D eigenvalue weighted by atomic mass is 9.87. The van der Waals surface area contributed by atoms with E-state index in [-0.39, 0.29) is 22.6 Å². The van der Waals surface area contributed by atoms with Crippen molar-refractivity contribution >= 4 is 5.91 Å². The van der Waals surface area contributed by atoms with Crippen LogP contribution < -0.4 is 15.6 Å². The van der Waals surface area contributed by atoms with Crippen molar-refractivity contribution in [1.82, 2.24) is 15.1 Å². The Morgan fingerprint density at radius 3 is 2.46 bits per heavy atom. The third-order valence-corrected chi connectivity index (χ3v) is 3.91. The summed E-state index contributed by atoms with van der Waals surface area (Å²) in [6.07, 6.45) is 0.778. The molecule has 6 heteroatoms. The van der Waals surface area contributed by atoms with Crippen LogP contribution in [-0.2, 0) is 12.0 Å². The molecule has 0 aliphatic heterocycles. The number of carbonyl (C=O) groups is 1. The SMILES string of the molecule is CCCn1nc(C(=O)NCCOc2ccc(C(C)(C)C)cc2)ccc1=O. The fraction of sp³-hybridized carbons (Fsp3) is 0.450. The summed E-state index contributed by atoms with van der Waals surface area (Å²) < 4.78 is 6.96. The van der Waals surface area contributed by atoms with E-state index >= 15 is 0 Å². The van der Waals surface area contributed by atoms with Gasteiger partial charge in [0.2, 0.25) is 0 Å². The normalized spacial score (nSPS) is 11.2. The van der Waals surface area contributed by atoms with Crippen molar-refractivity contribution in [3.05, 3.63) is 58.0 Å². The molecule has 1 heterocycles. The molecule has 0 unspecified atom stereocenters. The van der Waals surface area contributed by atoms with Gasteiger partial charge >= 0.3 is 0 Å². The lowest BCUT2D eigenvalue weighted by Crippen LogP contribution is -2.31. The second kappa shape index (κ2) is 8.65. The van der Waals surface area contributed by atoms with E-state index in [2.05, 4.69) is 43.3 Å². The van der Waals surface area contributed by atoms with E-state index in [9.17, 15) is 9.59 Å². The minimum atomic E-state index is -0.318. The smallest absolute Gasteiger partial charge is 0.271 e. The van der Waals surface area contributed by atoms with Crippen molar-refractivity contribution in [1.29, 1.82) is 0 Å². The van der Waals surface area contributed by atoms with Gasteiger partial charge in [-0.05, 0) is 35.6 Å². The molecule has 0 bridgehead atoms. The maximum atomic E-state index is 12.1. The standard InChI is InChI=1S/C20H27N3O3/c1-5-13-23-18(24)11-10-17(22-23)19(25)21-12-14-26-16-8-6-15(7-9-16)20(2,3)4/h6-11H,5,12-14H2,1-4H3,(H,21,25). The Bertz CT molecular complexity index is 789. The number of ether oxygens (including phenoxy) is 1. The molecule has 0 aliphatic carbocycles. The molecule has 0 radical (unpaired) electrons. The predicted octanol–water partition coefficient (Wildman–Crippen LogP) is 2.76. The van der Waals surface area contributed by atoms with Gasteiger partial charge in [0.05, 0.1) is 6.54 Å². The molecule has 2 aromatic rings. The van der Waals surface area contributed by atoms with E-state index in [4.69, 9.17) is 4.74 Å². The summed E-state index contributed by atoms with van der Waals surface area (Å²) in [6.45, 7) is 9.64. The van der Waals surface area contributed by atoms with Crippen molar-refractivity contribution in [3.8, 4) is 5.75 Å². The van der Waals surface area contributed by atoms with Crippen molar-refractivity contribution in [3.63, 3.8) is 0 Å². The highest BCUT2D eigenvalue weighted by Gasteiger charge is 2.13. The molecule has 0 fully saturated rings. The largest absolute Gasteiger partial charge is 0.492 e. The number of amides is 1. The summed E-state index contributed by atoms with van der Waals surface area (Å²) in [6, 6.07) is 10.8. The maximum absolute atomic E-state index is 12.1. The van der Waals surface area contributed by atoms with Crippen LogP contribution in [0, 0.1) is 0 Å². The Balaban J connectivity index is 1.83. The fourth-order valence-electron chi connectivity index (χ4n) is 2.42. The quantitative estimate of drug-likeness (QED) is 0.774. The van der Waals surface area contributed by atoms with E-state index in [1.165, 1.54) is 22.4 Å². The highest BCUT2D eigenvalue weighted by Crippen LogP contribution is 2.24. The van der Waals surface area contributed by atoms with Gasteiger partial charge in [0.25, 0.3) is 11.5 Å². The Labute approximate surface area is 154 Å². The molecule has 26 heavy (non-hydrogen) atoms. The van der Waals surface area contributed by atoms with Gasteiger partial charge in [0.15, 0.2) is 0 Å². The third kappa shape index (κ3) is 5.44. The zero-order valence-corrected chi connectivity index (χ0v) is 15.9. The number of nitrogens with one attached hydrogen (secondary N) is 1. The van der Waals surface area contributed by atoms with Crippen LogP contribution in [0.3, 0.4) is 0 Å². The molecule has 2 rings (SSSR count). The fourth-order valence-corrected chi connectivity index (χ4v) is 2.42. The van der Waals surface area contributed by atoms with Crippen LogP contribution in [0.1, 0.15) is 50.2 Å². The molecule has 0 spiro atoms. The monoisotopic (exact) mass is 357 g/mol. The highest BCUT2D eigenvalue weighted by molar-refractivity contribution is 5.91. The lowest BCUT2D eigenvalue weighted by molar-refractivity contribution is 0.0939. The van der Waals surface area contributed by atoms with Gasteiger partial charge in [-0.1, -0.05) is 39.8 Å². The van der Waals surface area contributed by atoms with E-state index in [0.717, 1.165) is 12.2 Å². The molecule has 1 aromatic heterocycles. The van der Waals surface area contributed by atoms with Gasteiger partial charge in [0, 0.05) is 12.6 Å². The van der Waals surface area contributed by atoms with Crippen molar-refractivity contribution in [2.45, 2.75) is 46.1 Å². The van der Waals surface area contributed by atoms with Gasteiger partial charge in [0.1, 0.15) is 18.1 Å². The van der Waals surface area contributed by atoms with E-state index in [1.54, 1.807) is 0 Å². The van der Waals surface area contributed by atoms with Crippen LogP contribution in [0.15, 0.2) is 41.2 Å². The predicted molar refractivity (Wildman–Crippen MR) is 102 cm³/mol. The average Bonchev–Trinajstić information content (AvgIpc) is 2.60. The van der Waals surface area contributed by atoms with Crippen molar-refractivity contribution in [2.24, 2.45) is 0 Å². The van der Waals surface area contributed by atoms with Gasteiger partial charge in [-0.15, -0.1) is 0 Å². The van der Waals surface area contributed by atoms with Gasteiger partial charge in [-0.3, -0.25) is 9.59 Å². The molecule has 0 atom stereocenters.